The summed E-state index contributed by atoms with van der Waals surface area (Å²) in [6.45, 7) is 3.33. The first-order valence-corrected chi connectivity index (χ1v) is 10.3. The van der Waals surface area contributed by atoms with Crippen LogP contribution >= 0.6 is 12.2 Å². The highest BCUT2D eigenvalue weighted by Crippen LogP contribution is 2.16. The standard InChI is InChI=1S/C17H19N7O2S2/c1-2-24-14(8-11-21-24)12-20-17(27)22-13-4-6-15(7-5-13)28(25,26)23-16-18-9-3-10-19-16/h3-11H,2,12H2,1H3,(H,18,19,23)(H2,20,22,27). The summed E-state index contributed by atoms with van der Waals surface area (Å²) in [5.74, 6) is 0.0152. The number of benzene rings is 1. The molecule has 0 amide bonds. The van der Waals surface area contributed by atoms with Crippen molar-refractivity contribution < 1.29 is 8.42 Å². The first-order chi connectivity index (χ1) is 13.5. The molecule has 0 aliphatic heterocycles. The second-order valence-corrected chi connectivity index (χ2v) is 7.74. The zero-order valence-electron chi connectivity index (χ0n) is 15.0. The fraction of sp³-hybridized carbons (Fsp3) is 0.176. The molecule has 3 N–H and O–H groups in total. The van der Waals surface area contributed by atoms with Crippen LogP contribution in [0.25, 0.3) is 0 Å². The highest BCUT2D eigenvalue weighted by molar-refractivity contribution is 7.92. The van der Waals surface area contributed by atoms with Crippen molar-refractivity contribution >= 4 is 39.0 Å². The van der Waals surface area contributed by atoms with Crippen molar-refractivity contribution in [3.05, 3.63) is 60.7 Å². The summed E-state index contributed by atoms with van der Waals surface area (Å²) < 4.78 is 28.9. The number of sulfonamides is 1. The lowest BCUT2D eigenvalue weighted by molar-refractivity contribution is 0.601. The van der Waals surface area contributed by atoms with Gasteiger partial charge in [0.1, 0.15) is 0 Å². The Balaban J connectivity index is 1.58. The third-order valence-corrected chi connectivity index (χ3v) is 5.34. The molecule has 28 heavy (non-hydrogen) atoms. The second-order valence-electron chi connectivity index (χ2n) is 5.65. The van der Waals surface area contributed by atoms with E-state index in [-0.39, 0.29) is 10.8 Å². The van der Waals surface area contributed by atoms with E-state index in [4.69, 9.17) is 12.2 Å². The van der Waals surface area contributed by atoms with Gasteiger partial charge in [0, 0.05) is 30.8 Å². The van der Waals surface area contributed by atoms with E-state index in [1.54, 1.807) is 24.4 Å². The Morgan fingerprint density at radius 1 is 1.11 bits per heavy atom. The monoisotopic (exact) mass is 417 g/mol. The average molecular weight is 418 g/mol. The number of thiocarbonyl (C=S) groups is 1. The maximum Gasteiger partial charge on any atom is 0.264 e. The maximum absolute atomic E-state index is 12.4. The van der Waals surface area contributed by atoms with E-state index in [1.807, 2.05) is 17.7 Å². The molecule has 0 aliphatic rings. The number of aryl methyl sites for hydroxylation is 1. The highest BCUT2D eigenvalue weighted by atomic mass is 32.2. The number of aromatic nitrogens is 4. The van der Waals surface area contributed by atoms with Crippen LogP contribution < -0.4 is 15.4 Å². The Morgan fingerprint density at radius 2 is 1.82 bits per heavy atom. The van der Waals surface area contributed by atoms with Crippen LogP contribution in [0.2, 0.25) is 0 Å². The minimum absolute atomic E-state index is 0.0152. The number of anilines is 2. The van der Waals surface area contributed by atoms with Gasteiger partial charge in [0.2, 0.25) is 5.95 Å². The van der Waals surface area contributed by atoms with Crippen LogP contribution in [0.1, 0.15) is 12.6 Å². The molecule has 0 unspecified atom stereocenters. The molecule has 0 bridgehead atoms. The lowest BCUT2D eigenvalue weighted by atomic mass is 10.3. The lowest BCUT2D eigenvalue weighted by Crippen LogP contribution is -2.28. The van der Waals surface area contributed by atoms with Gasteiger partial charge in [0.15, 0.2) is 5.11 Å². The summed E-state index contributed by atoms with van der Waals surface area (Å²) in [6.07, 6.45) is 4.66. The summed E-state index contributed by atoms with van der Waals surface area (Å²) in [6, 6.07) is 9.73. The summed E-state index contributed by atoms with van der Waals surface area (Å²) in [5, 5.41) is 10.7. The first kappa shape index (κ1) is 19.7. The van der Waals surface area contributed by atoms with Crippen LogP contribution in [0.3, 0.4) is 0 Å². The lowest BCUT2D eigenvalue weighted by Gasteiger charge is -2.12. The van der Waals surface area contributed by atoms with E-state index in [2.05, 4.69) is 30.4 Å². The number of rotatable bonds is 7. The first-order valence-electron chi connectivity index (χ1n) is 8.43. The van der Waals surface area contributed by atoms with Crippen LogP contribution in [0.4, 0.5) is 11.6 Å². The van der Waals surface area contributed by atoms with Crippen LogP contribution in [0, 0.1) is 0 Å². The molecule has 9 nitrogen and oxygen atoms in total. The van der Waals surface area contributed by atoms with Gasteiger partial charge in [-0.2, -0.15) is 5.10 Å². The Kier molecular flexibility index (Phi) is 6.16. The topological polar surface area (TPSA) is 114 Å². The molecule has 1 aromatic carbocycles. The van der Waals surface area contributed by atoms with Crippen molar-refractivity contribution in [3.8, 4) is 0 Å². The fourth-order valence-electron chi connectivity index (χ4n) is 2.39. The maximum atomic E-state index is 12.4. The molecule has 3 aromatic rings. The van der Waals surface area contributed by atoms with Crippen molar-refractivity contribution in [1.82, 2.24) is 25.1 Å². The number of nitrogens with one attached hydrogen (secondary N) is 3. The quantitative estimate of drug-likeness (QED) is 0.500. The van der Waals surface area contributed by atoms with E-state index in [0.29, 0.717) is 17.3 Å². The van der Waals surface area contributed by atoms with Crippen LogP contribution in [0.15, 0.2) is 59.9 Å². The third-order valence-electron chi connectivity index (χ3n) is 3.75. The SMILES string of the molecule is CCn1nccc1CNC(=S)Nc1ccc(S(=O)(=O)Nc2ncccn2)cc1. The summed E-state index contributed by atoms with van der Waals surface area (Å²) in [5.41, 5.74) is 1.68. The van der Waals surface area contributed by atoms with Crippen LogP contribution in [-0.4, -0.2) is 33.3 Å². The molecule has 2 heterocycles. The number of nitrogens with zero attached hydrogens (tertiary/aromatic N) is 4. The van der Waals surface area contributed by atoms with Crippen LogP contribution in [-0.2, 0) is 23.1 Å². The summed E-state index contributed by atoms with van der Waals surface area (Å²) in [7, 11) is -3.77. The molecule has 0 fully saturated rings. The van der Waals surface area contributed by atoms with Crippen molar-refractivity contribution in [2.75, 3.05) is 10.0 Å². The number of hydrogen-bond donors (Lipinski definition) is 3. The predicted octanol–water partition coefficient (Wildman–Crippen LogP) is 1.98. The largest absolute Gasteiger partial charge is 0.357 e. The van der Waals surface area contributed by atoms with E-state index >= 15 is 0 Å². The Hall–Kier alpha value is -3.05. The minimum atomic E-state index is -3.77. The van der Waals surface area contributed by atoms with E-state index in [9.17, 15) is 8.42 Å². The molecular formula is C17H19N7O2S2. The van der Waals surface area contributed by atoms with Crippen molar-refractivity contribution in [1.29, 1.82) is 0 Å². The van der Waals surface area contributed by atoms with E-state index < -0.39 is 10.0 Å². The molecule has 0 aliphatic carbocycles. The zero-order valence-corrected chi connectivity index (χ0v) is 16.7. The summed E-state index contributed by atoms with van der Waals surface area (Å²) >= 11 is 5.28. The number of hydrogen-bond acceptors (Lipinski definition) is 6. The Morgan fingerprint density at radius 3 is 2.50 bits per heavy atom. The van der Waals surface area contributed by atoms with E-state index in [0.717, 1.165) is 12.2 Å². The van der Waals surface area contributed by atoms with Gasteiger partial charge in [-0.3, -0.25) is 4.68 Å². The van der Waals surface area contributed by atoms with Crippen molar-refractivity contribution in [2.45, 2.75) is 24.9 Å². The van der Waals surface area contributed by atoms with Gasteiger partial charge in [-0.15, -0.1) is 0 Å². The van der Waals surface area contributed by atoms with Gasteiger partial charge in [-0.25, -0.2) is 23.1 Å². The smallest absolute Gasteiger partial charge is 0.264 e. The second kappa shape index (κ2) is 8.76. The molecular weight excluding hydrogens is 398 g/mol. The molecule has 0 spiro atoms. The van der Waals surface area contributed by atoms with E-state index in [1.165, 1.54) is 24.5 Å². The molecule has 2 aromatic heterocycles. The van der Waals surface area contributed by atoms with Crippen molar-refractivity contribution in [3.63, 3.8) is 0 Å². The zero-order chi connectivity index (χ0) is 20.0. The van der Waals surface area contributed by atoms with Gasteiger partial charge in [0.05, 0.1) is 17.1 Å². The third kappa shape index (κ3) is 5.02. The fourth-order valence-corrected chi connectivity index (χ4v) is 3.54. The Labute approximate surface area is 168 Å². The molecule has 11 heteroatoms. The normalized spacial score (nSPS) is 11.0. The van der Waals surface area contributed by atoms with Gasteiger partial charge < -0.3 is 10.6 Å². The van der Waals surface area contributed by atoms with Crippen molar-refractivity contribution in [2.24, 2.45) is 0 Å². The molecule has 146 valence electrons. The molecule has 3 rings (SSSR count). The molecule has 0 saturated carbocycles. The molecule has 0 atom stereocenters. The van der Waals surface area contributed by atoms with Gasteiger partial charge >= 0.3 is 0 Å². The van der Waals surface area contributed by atoms with Gasteiger partial charge in [0.25, 0.3) is 10.0 Å². The average Bonchev–Trinajstić information content (AvgIpc) is 3.15. The highest BCUT2D eigenvalue weighted by Gasteiger charge is 2.15. The molecule has 0 saturated heterocycles. The van der Waals surface area contributed by atoms with Crippen LogP contribution in [0.5, 0.6) is 0 Å². The summed E-state index contributed by atoms with van der Waals surface area (Å²) in [4.78, 5) is 7.80. The molecule has 0 radical (unpaired) electrons. The van der Waals surface area contributed by atoms with Gasteiger partial charge in [-0.1, -0.05) is 0 Å². The predicted molar refractivity (Wildman–Crippen MR) is 110 cm³/mol. The van der Waals surface area contributed by atoms with Gasteiger partial charge in [-0.05, 0) is 55.5 Å². The Bertz CT molecular complexity index is 1030. The minimum Gasteiger partial charge on any atom is -0.357 e.